The predicted octanol–water partition coefficient (Wildman–Crippen LogP) is 0.350. The molecule has 0 saturated heterocycles. The van der Waals surface area contributed by atoms with Crippen molar-refractivity contribution < 1.29 is 49.0 Å². The van der Waals surface area contributed by atoms with Gasteiger partial charge in [0.25, 0.3) is 0 Å². The Morgan fingerprint density at radius 2 is 1.71 bits per heavy atom. The summed E-state index contributed by atoms with van der Waals surface area (Å²) < 4.78 is 1.80. The third-order valence-corrected chi connectivity index (χ3v) is 6.12. The molecule has 0 aromatic heterocycles. The van der Waals surface area contributed by atoms with Crippen molar-refractivity contribution in [2.75, 3.05) is 0 Å². The van der Waals surface area contributed by atoms with Gasteiger partial charge in [-0.15, -0.1) is 12.0 Å². The van der Waals surface area contributed by atoms with Crippen LogP contribution in [0.15, 0.2) is 54.6 Å². The van der Waals surface area contributed by atoms with Crippen LogP contribution in [0, 0.1) is 19.1 Å². The Bertz CT molecular complexity index is 803. The molecule has 5 rings (SSSR count). The SMILES string of the molecule is Cc1c[c-]c2c(c1)-c1ccccc1C2.[C-]1=CC=CC1.[Cl-].[Cl-].[Zr+2]=[C]1CCCCC1. The fourth-order valence-corrected chi connectivity index (χ4v) is 4.34. The molecule has 0 amide bonds. The Morgan fingerprint density at radius 3 is 2.29 bits per heavy atom. The van der Waals surface area contributed by atoms with E-state index in [1.54, 1.807) is 27.4 Å². The molecule has 0 N–H and O–H groups in total. The maximum atomic E-state index is 3.36. The maximum absolute atomic E-state index is 3.36. The van der Waals surface area contributed by atoms with Crippen LogP contribution >= 0.6 is 0 Å². The Labute approximate surface area is 197 Å². The summed E-state index contributed by atoms with van der Waals surface area (Å²) in [7, 11) is 0. The summed E-state index contributed by atoms with van der Waals surface area (Å²) in [5, 5.41) is 0. The third-order valence-electron chi connectivity index (χ3n) is 4.89. The molecule has 2 aromatic carbocycles. The van der Waals surface area contributed by atoms with Gasteiger partial charge in [0.15, 0.2) is 0 Å². The van der Waals surface area contributed by atoms with Crippen LogP contribution in [0.3, 0.4) is 0 Å². The van der Waals surface area contributed by atoms with Crippen molar-refractivity contribution in [2.45, 2.75) is 51.9 Å². The van der Waals surface area contributed by atoms with E-state index in [-0.39, 0.29) is 24.8 Å². The number of hydrogen-bond donors (Lipinski definition) is 0. The van der Waals surface area contributed by atoms with Crippen LogP contribution in [-0.4, -0.2) is 3.21 Å². The third kappa shape index (κ3) is 7.59. The van der Waals surface area contributed by atoms with Gasteiger partial charge in [0.2, 0.25) is 0 Å². The van der Waals surface area contributed by atoms with Crippen LogP contribution in [0.2, 0.25) is 0 Å². The molecule has 0 atom stereocenters. The second-order valence-electron chi connectivity index (χ2n) is 7.07. The van der Waals surface area contributed by atoms with E-state index in [0.717, 1.165) is 12.8 Å². The average molecular weight is 489 g/mol. The van der Waals surface area contributed by atoms with Crippen LogP contribution in [0.1, 0.15) is 55.2 Å². The number of hydrogen-bond acceptors (Lipinski definition) is 0. The van der Waals surface area contributed by atoms with E-state index in [1.165, 1.54) is 59.9 Å². The molecule has 3 heteroatoms. The number of aryl methyl sites for hydroxylation is 1. The van der Waals surface area contributed by atoms with E-state index < -0.39 is 0 Å². The Kier molecular flexibility index (Phi) is 12.2. The monoisotopic (exact) mass is 486 g/mol. The minimum atomic E-state index is 0. The number of benzene rings is 2. The molecule has 0 aliphatic heterocycles. The van der Waals surface area contributed by atoms with Crippen molar-refractivity contribution in [3.63, 3.8) is 0 Å². The number of fused-ring (bicyclic) bond motifs is 3. The van der Waals surface area contributed by atoms with Crippen molar-refractivity contribution >= 4 is 3.21 Å². The van der Waals surface area contributed by atoms with Gasteiger partial charge in [0.1, 0.15) is 0 Å². The summed E-state index contributed by atoms with van der Waals surface area (Å²) in [4.78, 5) is 0. The van der Waals surface area contributed by atoms with E-state index in [1.807, 2.05) is 12.2 Å². The molecular formula is C25H26Cl2Zr-2. The van der Waals surface area contributed by atoms with Gasteiger partial charge in [0, 0.05) is 0 Å². The van der Waals surface area contributed by atoms with Crippen molar-refractivity contribution in [3.05, 3.63) is 83.5 Å². The summed E-state index contributed by atoms with van der Waals surface area (Å²) in [5.41, 5.74) is 6.84. The van der Waals surface area contributed by atoms with Gasteiger partial charge in [0.05, 0.1) is 0 Å². The fourth-order valence-electron chi connectivity index (χ4n) is 3.47. The molecule has 1 saturated carbocycles. The molecule has 0 heterocycles. The molecule has 2 aromatic rings. The van der Waals surface area contributed by atoms with Crippen LogP contribution in [-0.2, 0) is 30.7 Å². The van der Waals surface area contributed by atoms with E-state index in [0.29, 0.717) is 0 Å². The summed E-state index contributed by atoms with van der Waals surface area (Å²) in [6.07, 6.45) is 18.4. The van der Waals surface area contributed by atoms with Crippen molar-refractivity contribution in [3.8, 4) is 11.1 Å². The van der Waals surface area contributed by atoms with Gasteiger partial charge < -0.3 is 24.8 Å². The van der Waals surface area contributed by atoms with Crippen LogP contribution in [0.25, 0.3) is 11.1 Å². The first-order chi connectivity index (χ1) is 12.7. The second kappa shape index (κ2) is 13.5. The van der Waals surface area contributed by atoms with Crippen molar-refractivity contribution in [2.24, 2.45) is 0 Å². The van der Waals surface area contributed by atoms with Gasteiger partial charge in [-0.25, -0.2) is 12.2 Å². The normalized spacial score (nSPS) is 15.0. The van der Waals surface area contributed by atoms with Gasteiger partial charge >= 0.3 is 59.5 Å². The fraction of sp³-hybridized carbons (Fsp3) is 0.320. The average Bonchev–Trinajstić information content (AvgIpc) is 3.34. The Hall–Kier alpha value is -0.747. The Balaban J connectivity index is 0.000000237. The molecule has 0 bridgehead atoms. The van der Waals surface area contributed by atoms with Crippen LogP contribution in [0.4, 0.5) is 0 Å². The zero-order valence-corrected chi connectivity index (χ0v) is 20.4. The summed E-state index contributed by atoms with van der Waals surface area (Å²) in [6.45, 7) is 2.12. The van der Waals surface area contributed by atoms with Gasteiger partial charge in [-0.3, -0.25) is 6.08 Å². The summed E-state index contributed by atoms with van der Waals surface area (Å²) >= 11 is 1.69. The van der Waals surface area contributed by atoms with E-state index in [2.05, 4.69) is 61.5 Å². The molecule has 28 heavy (non-hydrogen) atoms. The topological polar surface area (TPSA) is 0 Å². The molecule has 3 aliphatic carbocycles. The zero-order valence-electron chi connectivity index (χ0n) is 16.4. The molecule has 0 unspecified atom stereocenters. The first kappa shape index (κ1) is 25.3. The van der Waals surface area contributed by atoms with Gasteiger partial charge in [-0.05, 0) is 6.42 Å². The zero-order chi connectivity index (χ0) is 18.2. The van der Waals surface area contributed by atoms with Gasteiger partial charge in [-0.1, -0.05) is 42.3 Å². The molecule has 0 spiro atoms. The molecule has 3 aliphatic rings. The minimum absolute atomic E-state index is 0. The molecule has 0 nitrogen and oxygen atoms in total. The predicted molar refractivity (Wildman–Crippen MR) is 108 cm³/mol. The summed E-state index contributed by atoms with van der Waals surface area (Å²) in [6, 6.07) is 16.3. The van der Waals surface area contributed by atoms with Crippen molar-refractivity contribution in [1.29, 1.82) is 0 Å². The first-order valence-corrected chi connectivity index (χ1v) is 10.8. The van der Waals surface area contributed by atoms with E-state index in [4.69, 9.17) is 0 Å². The molecule has 0 radical (unpaired) electrons. The van der Waals surface area contributed by atoms with Gasteiger partial charge in [-0.2, -0.15) is 35.4 Å². The standard InChI is InChI=1S/C14H11.C6H10.C5H5.2ClH.Zr/c1-10-6-7-12-9-11-4-2-3-5-13(11)14(12)8-10;1-2-4-6-5-3-1;1-2-4-5-3-1;;;/h2-6,8H,9H2,1H3;1-5H2;1-3H,4H2;2*1H;/q-1;;-1;;;+2/p-2. The molecule has 1 fully saturated rings. The van der Waals surface area contributed by atoms with E-state index >= 15 is 0 Å². The van der Waals surface area contributed by atoms with Crippen LogP contribution < -0.4 is 24.8 Å². The summed E-state index contributed by atoms with van der Waals surface area (Å²) in [5.74, 6) is 0. The molecule has 146 valence electrons. The second-order valence-corrected chi connectivity index (χ2v) is 8.81. The number of allylic oxidation sites excluding steroid dienone is 4. The number of halogens is 2. The van der Waals surface area contributed by atoms with Crippen molar-refractivity contribution in [1.82, 2.24) is 0 Å². The van der Waals surface area contributed by atoms with Crippen LogP contribution in [0.5, 0.6) is 0 Å². The first-order valence-electron chi connectivity index (χ1n) is 9.61. The number of rotatable bonds is 0. The van der Waals surface area contributed by atoms with E-state index in [9.17, 15) is 0 Å². The quantitative estimate of drug-likeness (QED) is 0.401. The Morgan fingerprint density at radius 1 is 0.964 bits per heavy atom. The molecular weight excluding hydrogens is 462 g/mol.